The van der Waals surface area contributed by atoms with Gasteiger partial charge in [-0.15, -0.1) is 0 Å². The van der Waals surface area contributed by atoms with Crippen molar-refractivity contribution in [3.63, 3.8) is 0 Å². The van der Waals surface area contributed by atoms with Crippen LogP contribution in [0, 0.1) is 0 Å². The van der Waals surface area contributed by atoms with Gasteiger partial charge in [-0.3, -0.25) is 0 Å². The van der Waals surface area contributed by atoms with Gasteiger partial charge in [-0.1, -0.05) is 25.4 Å². The maximum Gasteiger partial charge on any atom is 0.162 e. The van der Waals surface area contributed by atoms with E-state index in [0.717, 1.165) is 22.7 Å². The summed E-state index contributed by atoms with van der Waals surface area (Å²) in [6.07, 6.45) is 4.24. The number of rotatable bonds is 5. The Morgan fingerprint density at radius 2 is 2.23 bits per heavy atom. The zero-order valence-electron chi connectivity index (χ0n) is 12.1. The highest BCUT2D eigenvalue weighted by molar-refractivity contribution is 14.2. The number of anilines is 1. The molecule has 0 spiro atoms. The van der Waals surface area contributed by atoms with Crippen LogP contribution in [0.1, 0.15) is 31.0 Å². The van der Waals surface area contributed by atoms with Gasteiger partial charge in [0.05, 0.1) is 24.8 Å². The van der Waals surface area contributed by atoms with E-state index in [4.69, 9.17) is 11.6 Å². The van der Waals surface area contributed by atoms with Crippen LogP contribution in [-0.4, -0.2) is 24.1 Å². The van der Waals surface area contributed by atoms with Crippen molar-refractivity contribution in [1.82, 2.24) is 24.1 Å². The number of nitrogens with one attached hydrogen (secondary N) is 1. The third-order valence-electron chi connectivity index (χ3n) is 3.34. The minimum absolute atomic E-state index is 0.345. The summed E-state index contributed by atoms with van der Waals surface area (Å²) in [4.78, 5) is 4.40. The quantitative estimate of drug-likeness (QED) is 0.363. The maximum atomic E-state index is 6.17. The van der Waals surface area contributed by atoms with Gasteiger partial charge in [-0.2, -0.15) is 14.7 Å². The van der Waals surface area contributed by atoms with Crippen LogP contribution in [0.25, 0.3) is 5.65 Å². The Morgan fingerprint density at radius 3 is 2.95 bits per heavy atom. The first kappa shape index (κ1) is 16.0. The zero-order chi connectivity index (χ0) is 15.7. The minimum Gasteiger partial charge on any atom is -0.364 e. The summed E-state index contributed by atoms with van der Waals surface area (Å²) in [5, 5.41) is 12.5. The fourth-order valence-electron chi connectivity index (χ4n) is 2.21. The lowest BCUT2D eigenvalue weighted by molar-refractivity contribution is 0.870. The minimum atomic E-state index is 0.345. The molecule has 3 aromatic rings. The smallest absolute Gasteiger partial charge is 0.162 e. The molecule has 116 valence electrons. The second kappa shape index (κ2) is 6.68. The van der Waals surface area contributed by atoms with Crippen LogP contribution in [0.3, 0.4) is 0 Å². The topological polar surface area (TPSA) is 60.0 Å². The molecule has 1 unspecified atom stereocenters. The number of halogens is 2. The summed E-state index contributed by atoms with van der Waals surface area (Å²) in [6, 6.07) is 3.79. The van der Waals surface area contributed by atoms with Crippen molar-refractivity contribution < 1.29 is 0 Å². The number of aromatic nitrogens is 5. The van der Waals surface area contributed by atoms with Gasteiger partial charge in [0, 0.05) is 17.8 Å². The average molecular weight is 449 g/mol. The summed E-state index contributed by atoms with van der Waals surface area (Å²) in [5.41, 5.74) is 3.00. The standard InChI is InChI=1S/C13H15ClIN6P/c1-8(2)10-7-18-20-12(5-11(14)19-13(10)20)16-6-9-3-4-17-21(9)22-15/h3-5,7-8,16,22H,6H2,1-2H3. The first-order valence-corrected chi connectivity index (χ1v) is 11.2. The second-order valence-corrected chi connectivity index (χ2v) is 7.55. The molecule has 0 saturated heterocycles. The number of hydrogen-bond acceptors (Lipinski definition) is 4. The fraction of sp³-hybridized carbons (Fsp3) is 0.308. The summed E-state index contributed by atoms with van der Waals surface area (Å²) in [7, 11) is 0. The molecule has 0 bridgehead atoms. The lowest BCUT2D eigenvalue weighted by Crippen LogP contribution is -2.08. The third-order valence-corrected chi connectivity index (χ3v) is 5.47. The molecule has 3 rings (SSSR count). The van der Waals surface area contributed by atoms with Crippen LogP contribution in [0.5, 0.6) is 0 Å². The van der Waals surface area contributed by atoms with Crippen molar-refractivity contribution in [3.8, 4) is 0 Å². The lowest BCUT2D eigenvalue weighted by atomic mass is 10.1. The molecule has 22 heavy (non-hydrogen) atoms. The van der Waals surface area contributed by atoms with E-state index in [-0.39, 0.29) is 0 Å². The molecule has 0 aromatic carbocycles. The number of nitrogens with zero attached hydrogens (tertiary/aromatic N) is 5. The maximum absolute atomic E-state index is 6.17. The molecule has 0 fully saturated rings. The van der Waals surface area contributed by atoms with Gasteiger partial charge < -0.3 is 5.32 Å². The van der Waals surface area contributed by atoms with Crippen molar-refractivity contribution in [2.75, 3.05) is 5.32 Å². The summed E-state index contributed by atoms with van der Waals surface area (Å²) >= 11 is 8.48. The molecule has 0 aliphatic rings. The predicted molar refractivity (Wildman–Crippen MR) is 99.4 cm³/mol. The van der Waals surface area contributed by atoms with Crippen molar-refractivity contribution in [2.45, 2.75) is 26.3 Å². The summed E-state index contributed by atoms with van der Waals surface area (Å²) in [5.74, 6) is 1.17. The Kier molecular flexibility index (Phi) is 4.84. The molecule has 1 atom stereocenters. The van der Waals surface area contributed by atoms with Crippen LogP contribution in [0.15, 0.2) is 24.5 Å². The highest BCUT2D eigenvalue weighted by Gasteiger charge is 2.13. The van der Waals surface area contributed by atoms with Crippen molar-refractivity contribution >= 4 is 51.5 Å². The van der Waals surface area contributed by atoms with Gasteiger partial charge in [0.15, 0.2) is 5.65 Å². The molecule has 0 aliphatic heterocycles. The number of hydrogen-bond donors (Lipinski definition) is 1. The predicted octanol–water partition coefficient (Wildman–Crippen LogP) is 4.11. The largest absolute Gasteiger partial charge is 0.364 e. The van der Waals surface area contributed by atoms with E-state index in [1.807, 2.05) is 22.9 Å². The molecule has 0 aliphatic carbocycles. The number of fused-ring (bicyclic) bond motifs is 1. The molecule has 0 amide bonds. The monoisotopic (exact) mass is 448 g/mol. The highest BCUT2D eigenvalue weighted by Crippen LogP contribution is 2.26. The molecule has 6 nitrogen and oxygen atoms in total. The van der Waals surface area contributed by atoms with E-state index in [0.29, 0.717) is 24.0 Å². The Bertz CT molecular complexity index is 799. The lowest BCUT2D eigenvalue weighted by Gasteiger charge is -2.10. The molecule has 3 heterocycles. The van der Waals surface area contributed by atoms with Crippen LogP contribution in [0.2, 0.25) is 5.15 Å². The van der Waals surface area contributed by atoms with Crippen molar-refractivity contribution in [2.24, 2.45) is 0 Å². The molecule has 3 aromatic heterocycles. The van der Waals surface area contributed by atoms with Crippen LogP contribution < -0.4 is 5.32 Å². The van der Waals surface area contributed by atoms with Crippen LogP contribution in [-0.2, 0) is 6.54 Å². The third kappa shape index (κ3) is 3.07. The highest BCUT2D eigenvalue weighted by atomic mass is 127. The SMILES string of the molecule is CC(C)c1cnn2c(NCc3ccnn3PI)cc(Cl)nc12. The van der Waals surface area contributed by atoms with Crippen LogP contribution >= 0.6 is 40.0 Å². The molecular formula is C13H15ClIN6P. The molecular weight excluding hydrogens is 434 g/mol. The first-order chi connectivity index (χ1) is 10.6. The molecule has 1 N–H and O–H groups in total. The van der Waals surface area contributed by atoms with E-state index in [2.05, 4.69) is 56.4 Å². The van der Waals surface area contributed by atoms with E-state index in [9.17, 15) is 0 Å². The van der Waals surface area contributed by atoms with Crippen molar-refractivity contribution in [3.05, 3.63) is 40.9 Å². The van der Waals surface area contributed by atoms with Gasteiger partial charge in [0.25, 0.3) is 0 Å². The van der Waals surface area contributed by atoms with Gasteiger partial charge in [0.1, 0.15) is 11.0 Å². The van der Waals surface area contributed by atoms with Gasteiger partial charge in [-0.25, -0.2) is 9.44 Å². The summed E-state index contributed by atoms with van der Waals surface area (Å²) in [6.45, 7) is 4.89. The van der Waals surface area contributed by atoms with E-state index in [1.165, 1.54) is 0 Å². The second-order valence-electron chi connectivity index (χ2n) is 5.13. The van der Waals surface area contributed by atoms with E-state index >= 15 is 0 Å². The molecule has 9 heteroatoms. The van der Waals surface area contributed by atoms with Gasteiger partial charge in [-0.05, 0) is 34.0 Å². The Morgan fingerprint density at radius 1 is 1.41 bits per heavy atom. The Hall–Kier alpha value is -0.920. The van der Waals surface area contributed by atoms with Crippen molar-refractivity contribution in [1.29, 1.82) is 0 Å². The normalized spacial score (nSPS) is 12.0. The van der Waals surface area contributed by atoms with Crippen LogP contribution in [0.4, 0.5) is 5.82 Å². The van der Waals surface area contributed by atoms with Gasteiger partial charge in [0.2, 0.25) is 0 Å². The fourth-order valence-corrected chi connectivity index (χ4v) is 4.06. The first-order valence-electron chi connectivity index (χ1n) is 6.77. The molecule has 0 radical (unpaired) electrons. The van der Waals surface area contributed by atoms with E-state index in [1.54, 1.807) is 10.6 Å². The summed E-state index contributed by atoms with van der Waals surface area (Å²) < 4.78 is 3.77. The van der Waals surface area contributed by atoms with E-state index < -0.39 is 0 Å². The van der Waals surface area contributed by atoms with Gasteiger partial charge >= 0.3 is 0 Å². The Labute approximate surface area is 148 Å². The Balaban J connectivity index is 1.93. The zero-order valence-corrected chi connectivity index (χ0v) is 16.0. The average Bonchev–Trinajstić information content (AvgIpc) is 3.10. The molecule has 0 saturated carbocycles.